The van der Waals surface area contributed by atoms with Gasteiger partial charge in [-0.3, -0.25) is 0 Å². The summed E-state index contributed by atoms with van der Waals surface area (Å²) in [5.41, 5.74) is 0.535. The van der Waals surface area contributed by atoms with Crippen LogP contribution in [0.5, 0.6) is 0 Å². The number of hydrogen-bond acceptors (Lipinski definition) is 1. The Balaban J connectivity index is 3.23. The summed E-state index contributed by atoms with van der Waals surface area (Å²) in [6.07, 6.45) is 0. The minimum absolute atomic E-state index is 0.535. The molecule has 10 heavy (non-hydrogen) atoms. The van der Waals surface area contributed by atoms with Crippen LogP contribution in [-0.2, 0) is 0 Å². The molecule has 1 aromatic carbocycles. The van der Waals surface area contributed by atoms with Crippen molar-refractivity contribution < 1.29 is 0 Å². The third-order valence-electron chi connectivity index (χ3n) is 1.06. The van der Waals surface area contributed by atoms with E-state index in [1.807, 2.05) is 0 Å². The lowest BCUT2D eigenvalue weighted by molar-refractivity contribution is 1.50. The van der Waals surface area contributed by atoms with Gasteiger partial charge in [0.25, 0.3) is 0 Å². The van der Waals surface area contributed by atoms with Crippen LogP contribution in [0.4, 0.5) is 5.69 Å². The van der Waals surface area contributed by atoms with Crippen molar-refractivity contribution >= 4 is 29.9 Å². The van der Waals surface area contributed by atoms with E-state index in [-0.39, 0.29) is 0 Å². The van der Waals surface area contributed by atoms with Crippen molar-refractivity contribution in [2.24, 2.45) is 0 Å². The van der Waals surface area contributed by atoms with Gasteiger partial charge in [0.15, 0.2) is 5.69 Å². The molecule has 1 aromatic rings. The molecule has 0 radical (unpaired) electrons. The Kier molecular flexibility index (Phi) is 2.21. The van der Waals surface area contributed by atoms with Gasteiger partial charge in [0, 0.05) is 9.92 Å². The van der Waals surface area contributed by atoms with Gasteiger partial charge in [0.1, 0.15) is 0 Å². The van der Waals surface area contributed by atoms with E-state index in [1.165, 1.54) is 0 Å². The summed E-state index contributed by atoms with van der Waals surface area (Å²) in [5, 5.41) is 0.609. The second kappa shape index (κ2) is 2.96. The molecule has 0 aromatic heterocycles. The van der Waals surface area contributed by atoms with Crippen molar-refractivity contribution in [3.8, 4) is 0 Å². The summed E-state index contributed by atoms with van der Waals surface area (Å²) in [7, 11) is 0. The Bertz CT molecular complexity index is 290. The number of benzene rings is 1. The lowest BCUT2D eigenvalue weighted by Crippen LogP contribution is -1.66. The first kappa shape index (κ1) is 7.46. The molecule has 0 bridgehead atoms. The fourth-order valence-corrected chi connectivity index (χ4v) is 1.10. The molecule has 0 amide bonds. The Morgan fingerprint density at radius 2 is 2.20 bits per heavy atom. The molecule has 0 atom stereocenters. The van der Waals surface area contributed by atoms with Gasteiger partial charge in [-0.15, -0.1) is 0 Å². The van der Waals surface area contributed by atoms with Gasteiger partial charge in [-0.1, -0.05) is 23.7 Å². The molecule has 0 heterocycles. The van der Waals surface area contributed by atoms with Crippen molar-refractivity contribution in [3.05, 3.63) is 34.6 Å². The van der Waals surface area contributed by atoms with Crippen LogP contribution >= 0.6 is 24.2 Å². The highest BCUT2D eigenvalue weighted by molar-refractivity contribution is 7.80. The monoisotopic (exact) mass is 169 g/mol. The van der Waals surface area contributed by atoms with E-state index in [9.17, 15) is 0 Å². The molecule has 0 aliphatic heterocycles. The fraction of sp³-hybridized carbons (Fsp3) is 0. The molecule has 0 spiro atoms. The maximum Gasteiger partial charge on any atom is 0.200 e. The Hall–Kier alpha value is -0.650. The second-order valence-electron chi connectivity index (χ2n) is 1.74. The van der Waals surface area contributed by atoms with Gasteiger partial charge < -0.3 is 0 Å². The van der Waals surface area contributed by atoms with Crippen LogP contribution in [0.1, 0.15) is 0 Å². The molecule has 1 rings (SSSR count). The SMILES string of the molecule is [C-]#[N+]c1ccc(Cl)cc1S. The third-order valence-corrected chi connectivity index (χ3v) is 1.65. The lowest BCUT2D eigenvalue weighted by atomic mass is 10.3. The van der Waals surface area contributed by atoms with Crippen molar-refractivity contribution in [1.29, 1.82) is 0 Å². The number of rotatable bonds is 0. The Morgan fingerprint density at radius 3 is 2.70 bits per heavy atom. The second-order valence-corrected chi connectivity index (χ2v) is 2.66. The van der Waals surface area contributed by atoms with E-state index in [0.717, 1.165) is 0 Å². The van der Waals surface area contributed by atoms with Gasteiger partial charge in [-0.25, -0.2) is 4.85 Å². The van der Waals surface area contributed by atoms with E-state index in [4.69, 9.17) is 18.2 Å². The van der Waals surface area contributed by atoms with Crippen LogP contribution in [-0.4, -0.2) is 0 Å². The Morgan fingerprint density at radius 1 is 1.50 bits per heavy atom. The normalized spacial score (nSPS) is 8.90. The zero-order valence-corrected chi connectivity index (χ0v) is 6.65. The van der Waals surface area contributed by atoms with E-state index in [1.54, 1.807) is 18.2 Å². The highest BCUT2D eigenvalue weighted by Crippen LogP contribution is 2.25. The third kappa shape index (κ3) is 1.44. The summed E-state index contributed by atoms with van der Waals surface area (Å²) in [6, 6.07) is 4.98. The van der Waals surface area contributed by atoms with Gasteiger partial charge in [0.05, 0.1) is 6.57 Å². The molecular weight excluding hydrogens is 166 g/mol. The number of halogens is 1. The highest BCUT2D eigenvalue weighted by Gasteiger charge is 1.96. The van der Waals surface area contributed by atoms with Gasteiger partial charge in [-0.05, 0) is 6.07 Å². The molecule has 0 unspecified atom stereocenters. The lowest BCUT2D eigenvalue weighted by Gasteiger charge is -1.94. The predicted molar refractivity (Wildman–Crippen MR) is 45.0 cm³/mol. The maximum absolute atomic E-state index is 6.69. The van der Waals surface area contributed by atoms with Gasteiger partial charge >= 0.3 is 0 Å². The number of nitrogens with zero attached hydrogens (tertiary/aromatic N) is 1. The molecule has 3 heteroatoms. The van der Waals surface area contributed by atoms with E-state index < -0.39 is 0 Å². The first-order valence-corrected chi connectivity index (χ1v) is 3.42. The van der Waals surface area contributed by atoms with Crippen LogP contribution in [0.3, 0.4) is 0 Å². The quantitative estimate of drug-likeness (QED) is 0.450. The van der Waals surface area contributed by atoms with Crippen LogP contribution in [0.15, 0.2) is 23.1 Å². The van der Waals surface area contributed by atoms with Crippen LogP contribution in [0.2, 0.25) is 5.02 Å². The number of hydrogen-bond donors (Lipinski definition) is 1. The number of thiol groups is 1. The van der Waals surface area contributed by atoms with Crippen molar-refractivity contribution in [2.45, 2.75) is 4.90 Å². The van der Waals surface area contributed by atoms with Gasteiger partial charge in [0.2, 0.25) is 0 Å². The van der Waals surface area contributed by atoms with Crippen LogP contribution in [0.25, 0.3) is 4.85 Å². The smallest absolute Gasteiger partial charge is 0.200 e. The molecule has 0 fully saturated rings. The topological polar surface area (TPSA) is 4.36 Å². The molecule has 0 N–H and O–H groups in total. The van der Waals surface area contributed by atoms with Crippen molar-refractivity contribution in [2.75, 3.05) is 0 Å². The molecular formula is C7H4ClNS. The minimum atomic E-state index is 0.535. The average molecular weight is 170 g/mol. The van der Waals surface area contributed by atoms with Crippen LogP contribution < -0.4 is 0 Å². The molecule has 1 nitrogen and oxygen atoms in total. The summed E-state index contributed by atoms with van der Waals surface area (Å²) < 4.78 is 0. The van der Waals surface area contributed by atoms with Crippen LogP contribution in [0, 0.1) is 6.57 Å². The average Bonchev–Trinajstić information content (AvgIpc) is 1.88. The molecule has 50 valence electrons. The fourth-order valence-electron chi connectivity index (χ4n) is 0.591. The first-order chi connectivity index (χ1) is 4.74. The van der Waals surface area contributed by atoms with E-state index in [0.29, 0.717) is 15.6 Å². The standard InChI is InChI=1S/C7H4ClNS/c1-9-6-3-2-5(8)4-7(6)10/h2-4,10H. The predicted octanol–water partition coefficient (Wildman–Crippen LogP) is 3.18. The van der Waals surface area contributed by atoms with Gasteiger partial charge in [-0.2, -0.15) is 12.6 Å². The summed E-state index contributed by atoms with van der Waals surface area (Å²) in [6.45, 7) is 6.69. The summed E-state index contributed by atoms with van der Waals surface area (Å²) in [4.78, 5) is 3.85. The van der Waals surface area contributed by atoms with Crippen molar-refractivity contribution in [1.82, 2.24) is 0 Å². The molecule has 0 aliphatic rings. The zero-order chi connectivity index (χ0) is 7.56. The molecule has 0 aliphatic carbocycles. The maximum atomic E-state index is 6.69. The minimum Gasteiger partial charge on any atom is -0.237 e. The molecule has 0 saturated heterocycles. The zero-order valence-electron chi connectivity index (χ0n) is 5.00. The highest BCUT2D eigenvalue weighted by atomic mass is 35.5. The van der Waals surface area contributed by atoms with Crippen molar-refractivity contribution in [3.63, 3.8) is 0 Å². The molecule has 0 saturated carbocycles. The first-order valence-electron chi connectivity index (χ1n) is 2.60. The largest absolute Gasteiger partial charge is 0.237 e. The van der Waals surface area contributed by atoms with E-state index in [2.05, 4.69) is 17.5 Å². The summed E-state index contributed by atoms with van der Waals surface area (Å²) in [5.74, 6) is 0. The van der Waals surface area contributed by atoms with E-state index >= 15 is 0 Å². The Labute approximate surface area is 69.9 Å². The summed E-state index contributed by atoms with van der Waals surface area (Å²) >= 11 is 9.67.